The third-order valence-electron chi connectivity index (χ3n) is 1.21. The summed E-state index contributed by atoms with van der Waals surface area (Å²) in [6, 6.07) is 0. The maximum Gasteiger partial charge on any atom is 0.105 e. The summed E-state index contributed by atoms with van der Waals surface area (Å²) in [5.41, 5.74) is 0.398. The van der Waals surface area contributed by atoms with Crippen LogP contribution in [-0.4, -0.2) is 17.8 Å². The van der Waals surface area contributed by atoms with Crippen LogP contribution in [0.15, 0.2) is 0 Å². The molecule has 0 radical (unpaired) electrons. The van der Waals surface area contributed by atoms with E-state index in [1.165, 1.54) is 0 Å². The van der Waals surface area contributed by atoms with Gasteiger partial charge in [-0.15, -0.1) is 11.8 Å². The fraction of sp³-hybridized carbons (Fsp3) is 1.00. The minimum Gasteiger partial charge on any atom is -0.368 e. The molecule has 0 aliphatic rings. The van der Waals surface area contributed by atoms with Gasteiger partial charge < -0.3 is 4.74 Å². The zero-order valence-electron chi connectivity index (χ0n) is 7.39. The highest BCUT2D eigenvalue weighted by Crippen LogP contribution is 2.19. The van der Waals surface area contributed by atoms with Crippen LogP contribution in [0.1, 0.15) is 27.7 Å². The van der Waals surface area contributed by atoms with E-state index in [1.807, 2.05) is 18.7 Å². The van der Waals surface area contributed by atoms with Gasteiger partial charge in [0.25, 0.3) is 0 Å². The summed E-state index contributed by atoms with van der Waals surface area (Å²) >= 11 is 1.89. The number of thioether (sulfide) groups is 1. The van der Waals surface area contributed by atoms with Gasteiger partial charge in [0, 0.05) is 6.61 Å². The van der Waals surface area contributed by atoms with Crippen LogP contribution in [0.2, 0.25) is 0 Å². The minimum absolute atomic E-state index is 0.398. The van der Waals surface area contributed by atoms with E-state index in [0.717, 1.165) is 12.4 Å². The lowest BCUT2D eigenvalue weighted by molar-refractivity contribution is 0.0945. The van der Waals surface area contributed by atoms with Crippen LogP contribution in [0.5, 0.6) is 0 Å². The van der Waals surface area contributed by atoms with Crippen LogP contribution in [0.4, 0.5) is 0 Å². The van der Waals surface area contributed by atoms with Crippen molar-refractivity contribution in [1.29, 1.82) is 0 Å². The van der Waals surface area contributed by atoms with Crippen LogP contribution in [0.3, 0.4) is 0 Å². The van der Waals surface area contributed by atoms with Gasteiger partial charge in [-0.05, 0) is 18.6 Å². The van der Waals surface area contributed by atoms with Gasteiger partial charge in [-0.25, -0.2) is 0 Å². The molecule has 0 bridgehead atoms. The number of hydrogen-bond donors (Lipinski definition) is 0. The van der Waals surface area contributed by atoms with Crippen LogP contribution >= 0.6 is 11.8 Å². The van der Waals surface area contributed by atoms with Gasteiger partial charge in [-0.3, -0.25) is 0 Å². The molecule has 0 aromatic heterocycles. The van der Waals surface area contributed by atoms with Crippen LogP contribution in [0.25, 0.3) is 0 Å². The Kier molecular flexibility index (Phi) is 6.24. The lowest BCUT2D eigenvalue weighted by atomic mass is 10.2. The molecule has 0 aliphatic carbocycles. The summed E-state index contributed by atoms with van der Waals surface area (Å²) in [5, 5.41) is 0. The van der Waals surface area contributed by atoms with Crippen molar-refractivity contribution in [3.05, 3.63) is 0 Å². The average molecular weight is 162 g/mol. The van der Waals surface area contributed by atoms with E-state index in [2.05, 4.69) is 20.8 Å². The summed E-state index contributed by atoms with van der Waals surface area (Å²) in [6.07, 6.45) is 0. The Morgan fingerprint density at radius 2 is 1.90 bits per heavy atom. The predicted octanol–water partition coefficient (Wildman–Crippen LogP) is 2.76. The highest BCUT2D eigenvalue weighted by Gasteiger charge is 2.11. The van der Waals surface area contributed by atoms with E-state index in [-0.39, 0.29) is 0 Å². The Morgan fingerprint density at radius 1 is 1.30 bits per heavy atom. The molecular weight excluding hydrogens is 144 g/mol. The second-order valence-corrected chi connectivity index (χ2v) is 3.90. The van der Waals surface area contributed by atoms with Gasteiger partial charge in [0.1, 0.15) is 5.44 Å². The van der Waals surface area contributed by atoms with Crippen molar-refractivity contribution in [2.45, 2.75) is 33.1 Å². The summed E-state index contributed by atoms with van der Waals surface area (Å²) in [5.74, 6) is 1.77. The van der Waals surface area contributed by atoms with E-state index in [4.69, 9.17) is 4.74 Å². The van der Waals surface area contributed by atoms with E-state index < -0.39 is 0 Å². The molecule has 0 saturated carbocycles. The van der Waals surface area contributed by atoms with Crippen LogP contribution in [-0.2, 0) is 4.74 Å². The van der Waals surface area contributed by atoms with E-state index in [0.29, 0.717) is 11.4 Å². The summed E-state index contributed by atoms with van der Waals surface area (Å²) < 4.78 is 5.51. The van der Waals surface area contributed by atoms with Gasteiger partial charge in [0.2, 0.25) is 0 Å². The Morgan fingerprint density at radius 3 is 2.20 bits per heavy atom. The molecule has 0 spiro atoms. The zero-order valence-corrected chi connectivity index (χ0v) is 8.20. The summed E-state index contributed by atoms with van der Waals surface area (Å²) in [7, 11) is 0. The first-order valence-electron chi connectivity index (χ1n) is 3.95. The highest BCUT2D eigenvalue weighted by molar-refractivity contribution is 7.99. The summed E-state index contributed by atoms with van der Waals surface area (Å²) in [6.45, 7) is 9.44. The summed E-state index contributed by atoms with van der Waals surface area (Å²) in [4.78, 5) is 0. The Labute approximate surface area is 68.5 Å². The first kappa shape index (κ1) is 10.3. The number of ether oxygens (including phenoxy) is 1. The van der Waals surface area contributed by atoms with Gasteiger partial charge in [-0.1, -0.05) is 20.8 Å². The quantitative estimate of drug-likeness (QED) is 0.575. The Bertz CT molecular complexity index is 67.7. The maximum absolute atomic E-state index is 5.51. The molecule has 0 rings (SSSR count). The van der Waals surface area contributed by atoms with Crippen molar-refractivity contribution in [3.63, 3.8) is 0 Å². The topological polar surface area (TPSA) is 9.23 Å². The molecule has 0 saturated heterocycles. The van der Waals surface area contributed by atoms with E-state index >= 15 is 0 Å². The average Bonchev–Trinajstić information content (AvgIpc) is 1.87. The molecule has 0 aliphatic heterocycles. The van der Waals surface area contributed by atoms with Crippen molar-refractivity contribution in [2.75, 3.05) is 12.4 Å². The first-order chi connectivity index (χ1) is 4.72. The minimum atomic E-state index is 0.398. The first-order valence-corrected chi connectivity index (χ1v) is 5.00. The fourth-order valence-corrected chi connectivity index (χ4v) is 1.71. The standard InChI is InChI=1S/C8H18OS/c1-5-9-8(7(3)4)10-6-2/h7-8H,5-6H2,1-4H3. The lowest BCUT2D eigenvalue weighted by Crippen LogP contribution is -2.15. The third kappa shape index (κ3) is 4.18. The molecule has 0 N–H and O–H groups in total. The van der Waals surface area contributed by atoms with E-state index in [9.17, 15) is 0 Å². The number of rotatable bonds is 5. The van der Waals surface area contributed by atoms with Gasteiger partial charge >= 0.3 is 0 Å². The van der Waals surface area contributed by atoms with Gasteiger partial charge in [-0.2, -0.15) is 0 Å². The van der Waals surface area contributed by atoms with Crippen molar-refractivity contribution in [3.8, 4) is 0 Å². The molecule has 62 valence electrons. The predicted molar refractivity (Wildman–Crippen MR) is 48.4 cm³/mol. The molecule has 1 nitrogen and oxygen atoms in total. The van der Waals surface area contributed by atoms with Gasteiger partial charge in [0.05, 0.1) is 0 Å². The van der Waals surface area contributed by atoms with Gasteiger partial charge in [0.15, 0.2) is 0 Å². The second kappa shape index (κ2) is 6.05. The van der Waals surface area contributed by atoms with Crippen LogP contribution in [0, 0.1) is 5.92 Å². The molecule has 0 amide bonds. The van der Waals surface area contributed by atoms with E-state index in [1.54, 1.807) is 0 Å². The molecule has 0 heterocycles. The largest absolute Gasteiger partial charge is 0.368 e. The third-order valence-corrected chi connectivity index (χ3v) is 2.55. The molecular formula is C8H18OS. The maximum atomic E-state index is 5.51. The molecule has 0 aromatic carbocycles. The van der Waals surface area contributed by atoms with Crippen molar-refractivity contribution in [2.24, 2.45) is 5.92 Å². The van der Waals surface area contributed by atoms with Crippen molar-refractivity contribution < 1.29 is 4.74 Å². The fourth-order valence-electron chi connectivity index (χ4n) is 0.762. The SMILES string of the molecule is CCOC(SCC)C(C)C. The molecule has 2 heteroatoms. The monoisotopic (exact) mass is 162 g/mol. The molecule has 10 heavy (non-hydrogen) atoms. The molecule has 0 aromatic rings. The second-order valence-electron chi connectivity index (χ2n) is 2.52. The highest BCUT2D eigenvalue weighted by atomic mass is 32.2. The van der Waals surface area contributed by atoms with Crippen LogP contribution < -0.4 is 0 Å². The zero-order chi connectivity index (χ0) is 7.98. The Hall–Kier alpha value is 0.310. The molecule has 1 atom stereocenters. The van der Waals surface area contributed by atoms with Crippen molar-refractivity contribution >= 4 is 11.8 Å². The molecule has 0 fully saturated rings. The van der Waals surface area contributed by atoms with Crippen molar-refractivity contribution in [1.82, 2.24) is 0 Å². The Balaban J connectivity index is 3.50. The number of hydrogen-bond acceptors (Lipinski definition) is 2. The lowest BCUT2D eigenvalue weighted by Gasteiger charge is -2.18. The smallest absolute Gasteiger partial charge is 0.105 e. The normalized spacial score (nSPS) is 14.1. The molecule has 1 unspecified atom stereocenters.